The van der Waals surface area contributed by atoms with Crippen LogP contribution < -0.4 is 15.3 Å². The van der Waals surface area contributed by atoms with Crippen LogP contribution >= 0.6 is 0 Å². The van der Waals surface area contributed by atoms with Crippen LogP contribution in [0.4, 0.5) is 0 Å². The second kappa shape index (κ2) is 22.6. The van der Waals surface area contributed by atoms with Crippen molar-refractivity contribution >= 4 is 17.9 Å². The number of carbonyl (C=O) groups excluding carboxylic acids is 3. The smallest absolute Gasteiger partial charge is 0.187 e. The summed E-state index contributed by atoms with van der Waals surface area (Å²) in [4.78, 5) is 33.2. The van der Waals surface area contributed by atoms with E-state index in [0.29, 0.717) is 0 Å². The Morgan fingerprint density at radius 2 is 1.00 bits per heavy atom. The van der Waals surface area contributed by atoms with Crippen molar-refractivity contribution in [3.63, 3.8) is 0 Å². The SMILES string of the molecule is CO[C@@H]1O[C@@H](COCC(=O)[O-])[C@@H](O[C@@H]2OC(CO)[C@@H](O[C@@H]3O[C@@H](CO)[C@@H](O[C@@H]4CC(COCC(=O)[O-])[C@@H](OC)[C@H](O)C4O)C(O)C3O)[C@H](O)C2OCC(=O)[O-])C(O)C1O. The van der Waals surface area contributed by atoms with Crippen LogP contribution in [0.25, 0.3) is 0 Å². The van der Waals surface area contributed by atoms with Gasteiger partial charge in [0.05, 0.1) is 76.4 Å². The van der Waals surface area contributed by atoms with Crippen molar-refractivity contribution < 1.29 is 128 Å². The van der Waals surface area contributed by atoms with E-state index in [0.717, 1.165) is 7.11 Å². The molecular weight excluding hydrogens is 812 g/mol. The topological polar surface area (TPSA) is 404 Å². The highest BCUT2D eigenvalue weighted by Crippen LogP contribution is 2.36. The number of carboxylic acids is 3. The number of aliphatic hydroxyl groups excluding tert-OH is 9. The van der Waals surface area contributed by atoms with E-state index in [9.17, 15) is 75.7 Å². The fourth-order valence-electron chi connectivity index (χ4n) is 7.36. The molecule has 20 atom stereocenters. The second-order valence-corrected chi connectivity index (χ2v) is 14.1. The second-order valence-electron chi connectivity index (χ2n) is 14.1. The van der Waals surface area contributed by atoms with E-state index in [1.54, 1.807) is 0 Å². The minimum atomic E-state index is -2.09. The molecule has 0 amide bonds. The molecule has 4 aliphatic rings. The Morgan fingerprint density at radius 1 is 0.525 bits per heavy atom. The Labute approximate surface area is 335 Å². The number of aliphatic carboxylic acids is 3. The first kappa shape index (κ1) is 49.3. The fraction of sp³-hybridized carbons (Fsp3) is 0.909. The molecule has 0 aromatic carbocycles. The number of carbonyl (C=O) groups is 3. The predicted octanol–water partition coefficient (Wildman–Crippen LogP) is -11.5. The predicted molar refractivity (Wildman–Crippen MR) is 173 cm³/mol. The Morgan fingerprint density at radius 3 is 1.54 bits per heavy atom. The van der Waals surface area contributed by atoms with Crippen LogP contribution in [-0.2, 0) is 66.5 Å². The third-order valence-electron chi connectivity index (χ3n) is 10.2. The lowest BCUT2D eigenvalue weighted by Crippen LogP contribution is -2.67. The summed E-state index contributed by atoms with van der Waals surface area (Å²) in [5, 5.41) is 131. The van der Waals surface area contributed by atoms with Crippen molar-refractivity contribution in [2.75, 3.05) is 60.5 Å². The molecule has 4 rings (SSSR count). The summed E-state index contributed by atoms with van der Waals surface area (Å²) in [5.41, 5.74) is 0. The molecule has 0 spiro atoms. The lowest BCUT2D eigenvalue weighted by molar-refractivity contribution is -0.386. The standard InChI is InChI=1S/C33H54O26/c1-49-26-11(6-51-8-16(36)37)3-12(19(42)20(26)43)54-27-13(4-34)55-32(24(47)22(27)45)58-28-14(5-35)56-33(30(25(28)48)53-10-18(40)41)59-29-15(7-52-9-17(38)39)57-31(50-2)23(46)21(29)44/h11-15,19-35,42-48H,3-10H2,1-2H3,(H,36,37)(H,38,39)(H,40,41)/p-3/t11?,12-,13+,14?,15+,19?,20-,21?,22?,23?,24?,25+,26-,27-,28-,29-,30?,31-,32+,33+/m1/s1. The highest BCUT2D eigenvalue weighted by Gasteiger charge is 2.55. The zero-order valence-corrected chi connectivity index (χ0v) is 31.7. The third-order valence-corrected chi connectivity index (χ3v) is 10.2. The molecule has 0 aromatic rings. The van der Waals surface area contributed by atoms with Gasteiger partial charge < -0.3 is 128 Å². The molecule has 0 radical (unpaired) electrons. The first-order chi connectivity index (χ1) is 28.0. The largest absolute Gasteiger partial charge is 0.548 e. The Hall–Kier alpha value is -2.39. The molecule has 0 bridgehead atoms. The summed E-state index contributed by atoms with van der Waals surface area (Å²) < 4.78 is 60.1. The van der Waals surface area contributed by atoms with Crippen LogP contribution in [0, 0.1) is 5.92 Å². The van der Waals surface area contributed by atoms with E-state index in [2.05, 4.69) is 0 Å². The molecule has 1 saturated carbocycles. The minimum absolute atomic E-state index is 0.148. The minimum Gasteiger partial charge on any atom is -0.548 e. The van der Waals surface area contributed by atoms with E-state index < -0.39 is 180 Å². The first-order valence-corrected chi connectivity index (χ1v) is 18.3. The Balaban J connectivity index is 1.51. The van der Waals surface area contributed by atoms with Crippen LogP contribution in [0.3, 0.4) is 0 Å². The van der Waals surface area contributed by atoms with E-state index in [1.165, 1.54) is 7.11 Å². The third kappa shape index (κ3) is 12.2. The molecule has 3 aliphatic heterocycles. The number of methoxy groups -OCH3 is 2. The van der Waals surface area contributed by atoms with Crippen molar-refractivity contribution in [1.82, 2.24) is 0 Å². The van der Waals surface area contributed by atoms with Crippen LogP contribution in [0.2, 0.25) is 0 Å². The van der Waals surface area contributed by atoms with Crippen LogP contribution in [0.1, 0.15) is 6.42 Å². The molecule has 26 nitrogen and oxygen atoms in total. The van der Waals surface area contributed by atoms with Gasteiger partial charge in [0.2, 0.25) is 0 Å². The summed E-state index contributed by atoms with van der Waals surface area (Å²) in [6.45, 7) is -5.74. The van der Waals surface area contributed by atoms with Crippen molar-refractivity contribution in [2.24, 2.45) is 5.92 Å². The maximum atomic E-state index is 11.5. The quantitative estimate of drug-likeness (QED) is 0.0517. The molecule has 3 heterocycles. The molecule has 4 fully saturated rings. The van der Waals surface area contributed by atoms with Gasteiger partial charge in [-0.3, -0.25) is 0 Å². The molecule has 0 aromatic heterocycles. The van der Waals surface area contributed by atoms with Crippen molar-refractivity contribution in [3.8, 4) is 0 Å². The van der Waals surface area contributed by atoms with Crippen molar-refractivity contribution in [1.29, 1.82) is 0 Å². The van der Waals surface area contributed by atoms with Gasteiger partial charge in [-0.15, -0.1) is 0 Å². The van der Waals surface area contributed by atoms with Gasteiger partial charge in [0.15, 0.2) is 18.9 Å². The van der Waals surface area contributed by atoms with Crippen LogP contribution in [0.15, 0.2) is 0 Å². The Kier molecular flexibility index (Phi) is 18.9. The summed E-state index contributed by atoms with van der Waals surface area (Å²) in [6, 6.07) is 0. The zero-order chi connectivity index (χ0) is 43.7. The molecule has 1 aliphatic carbocycles. The zero-order valence-electron chi connectivity index (χ0n) is 31.7. The molecule has 342 valence electrons. The first-order valence-electron chi connectivity index (χ1n) is 18.3. The molecule has 8 unspecified atom stereocenters. The van der Waals surface area contributed by atoms with Gasteiger partial charge in [-0.05, 0) is 6.42 Å². The van der Waals surface area contributed by atoms with Gasteiger partial charge in [0, 0.05) is 20.1 Å². The van der Waals surface area contributed by atoms with Crippen LogP contribution in [-0.4, -0.2) is 241 Å². The Bertz CT molecular complexity index is 1320. The highest BCUT2D eigenvalue weighted by atomic mass is 16.8. The van der Waals surface area contributed by atoms with Gasteiger partial charge in [-0.1, -0.05) is 0 Å². The molecular formula is C33H51O26-3. The molecule has 9 N–H and O–H groups in total. The van der Waals surface area contributed by atoms with Crippen LogP contribution in [0.5, 0.6) is 0 Å². The van der Waals surface area contributed by atoms with Crippen molar-refractivity contribution in [3.05, 3.63) is 0 Å². The van der Waals surface area contributed by atoms with Gasteiger partial charge in [0.1, 0.15) is 85.5 Å². The van der Waals surface area contributed by atoms with Gasteiger partial charge in [-0.2, -0.15) is 0 Å². The number of aliphatic hydroxyl groups is 9. The highest BCUT2D eigenvalue weighted by molar-refractivity contribution is 5.66. The monoisotopic (exact) mass is 863 g/mol. The summed E-state index contributed by atoms with van der Waals surface area (Å²) >= 11 is 0. The maximum absolute atomic E-state index is 11.5. The summed E-state index contributed by atoms with van der Waals surface area (Å²) in [7, 11) is 2.36. The van der Waals surface area contributed by atoms with Gasteiger partial charge >= 0.3 is 0 Å². The average Bonchev–Trinajstić information content (AvgIpc) is 3.19. The number of ether oxygens (including phenoxy) is 11. The van der Waals surface area contributed by atoms with Crippen molar-refractivity contribution in [2.45, 2.75) is 123 Å². The number of hydrogen-bond acceptors (Lipinski definition) is 26. The molecule has 59 heavy (non-hydrogen) atoms. The normalized spacial score (nSPS) is 43.0. The number of hydrogen-bond donors (Lipinski definition) is 9. The lowest BCUT2D eigenvalue weighted by atomic mass is 9.80. The van der Waals surface area contributed by atoms with Gasteiger partial charge in [-0.25, -0.2) is 0 Å². The molecule has 3 saturated heterocycles. The van der Waals surface area contributed by atoms with E-state index in [4.69, 9.17) is 52.1 Å². The summed E-state index contributed by atoms with van der Waals surface area (Å²) in [5.74, 6) is -5.69. The average molecular weight is 864 g/mol. The van der Waals surface area contributed by atoms with E-state index in [1.807, 2.05) is 0 Å². The number of rotatable bonds is 21. The van der Waals surface area contributed by atoms with E-state index >= 15 is 0 Å². The summed E-state index contributed by atoms with van der Waals surface area (Å²) in [6.07, 6.45) is -32.7. The maximum Gasteiger partial charge on any atom is 0.187 e. The number of carboxylic acid groups (broad SMARTS) is 3. The van der Waals surface area contributed by atoms with E-state index in [-0.39, 0.29) is 13.0 Å². The fourth-order valence-corrected chi connectivity index (χ4v) is 7.36. The molecule has 26 heteroatoms. The van der Waals surface area contributed by atoms with Gasteiger partial charge in [0.25, 0.3) is 0 Å². The lowest BCUT2D eigenvalue weighted by Gasteiger charge is -2.50.